The fraction of sp³-hybridized carbons (Fsp3) is 0.444. The van der Waals surface area contributed by atoms with Crippen LogP contribution in [0, 0.1) is 5.92 Å². The number of ether oxygens (including phenoxy) is 2. The van der Waals surface area contributed by atoms with Gasteiger partial charge in [-0.2, -0.15) is 0 Å². The minimum Gasteiger partial charge on any atom is -0.405 e. The zero-order chi connectivity index (χ0) is 18.4. The van der Waals surface area contributed by atoms with E-state index in [1.54, 1.807) is 13.2 Å². The average Bonchev–Trinajstić information content (AvgIpc) is 2.53. The summed E-state index contributed by atoms with van der Waals surface area (Å²) < 4.78 is 47.2. The molecule has 0 fully saturated rings. The van der Waals surface area contributed by atoms with Crippen molar-refractivity contribution in [3.63, 3.8) is 0 Å². The average molecular weight is 372 g/mol. The number of halogens is 3. The Hall–Kier alpha value is -1.73. The minimum absolute atomic E-state index is 0.0340. The summed E-state index contributed by atoms with van der Waals surface area (Å²) >= 11 is 5.42. The minimum atomic E-state index is -4.80. The van der Waals surface area contributed by atoms with Gasteiger partial charge in [0, 0.05) is 25.7 Å². The molecule has 1 aromatic carbocycles. The molecule has 0 saturated heterocycles. The Labute approximate surface area is 149 Å². The summed E-state index contributed by atoms with van der Waals surface area (Å²) in [6.45, 7) is 0.493. The molecule has 0 aromatic heterocycles. The maximum absolute atomic E-state index is 12.7. The molecule has 1 aliphatic carbocycles. The van der Waals surface area contributed by atoms with E-state index in [4.69, 9.17) is 17.0 Å². The fourth-order valence-electron chi connectivity index (χ4n) is 2.81. The number of ketones is 1. The number of para-hydroxylation sites is 1. The Morgan fingerprint density at radius 2 is 1.96 bits per heavy atom. The van der Waals surface area contributed by atoms with Gasteiger partial charge in [-0.25, -0.2) is 0 Å². The highest BCUT2D eigenvalue weighted by Crippen LogP contribution is 2.36. The summed E-state index contributed by atoms with van der Waals surface area (Å²) in [7, 11) is 1.58. The molecule has 136 valence electrons. The maximum atomic E-state index is 12.7. The van der Waals surface area contributed by atoms with E-state index in [-0.39, 0.29) is 29.4 Å². The molecule has 0 aliphatic heterocycles. The predicted molar refractivity (Wildman–Crippen MR) is 92.5 cm³/mol. The van der Waals surface area contributed by atoms with Gasteiger partial charge in [0.25, 0.3) is 0 Å². The highest BCUT2D eigenvalue weighted by Gasteiger charge is 2.33. The molecule has 2 rings (SSSR count). The first-order valence-electron chi connectivity index (χ1n) is 7.90. The van der Waals surface area contributed by atoms with Crippen molar-refractivity contribution in [3.05, 3.63) is 35.9 Å². The first kappa shape index (κ1) is 19.6. The zero-order valence-electron chi connectivity index (χ0n) is 13.8. The number of allylic oxidation sites excluding steroid dienone is 2. The number of hydrogen-bond acceptors (Lipinski definition) is 4. The third-order valence-electron chi connectivity index (χ3n) is 4.00. The number of hydrogen-bond donors (Lipinski definition) is 0. The molecule has 0 saturated carbocycles. The molecular weight excluding hydrogens is 353 g/mol. The van der Waals surface area contributed by atoms with Gasteiger partial charge in [0.1, 0.15) is 5.75 Å². The molecule has 0 N–H and O–H groups in total. The summed E-state index contributed by atoms with van der Waals surface area (Å²) in [5.41, 5.74) is 0.772. The monoisotopic (exact) mass is 372 g/mol. The fourth-order valence-corrected chi connectivity index (χ4v) is 3.11. The Morgan fingerprint density at radius 1 is 1.24 bits per heavy atom. The van der Waals surface area contributed by atoms with Crippen LogP contribution in [-0.4, -0.2) is 30.7 Å². The van der Waals surface area contributed by atoms with Gasteiger partial charge in [-0.3, -0.25) is 4.79 Å². The molecule has 0 bridgehead atoms. The number of carbonyl (C=O) groups excluding carboxylic acids is 1. The maximum Gasteiger partial charge on any atom is 0.573 e. The lowest BCUT2D eigenvalue weighted by Crippen LogP contribution is -2.20. The second kappa shape index (κ2) is 8.58. The molecule has 3 nitrogen and oxygen atoms in total. The molecule has 1 aromatic rings. The van der Waals surface area contributed by atoms with Gasteiger partial charge in [-0.15, -0.1) is 13.2 Å². The van der Waals surface area contributed by atoms with Crippen LogP contribution in [0.3, 0.4) is 0 Å². The van der Waals surface area contributed by atoms with Crippen LogP contribution < -0.4 is 4.74 Å². The van der Waals surface area contributed by atoms with Crippen LogP contribution in [-0.2, 0) is 9.53 Å². The smallest absolute Gasteiger partial charge is 0.405 e. The first-order chi connectivity index (χ1) is 11.8. The Kier molecular flexibility index (Phi) is 6.72. The van der Waals surface area contributed by atoms with Crippen molar-refractivity contribution in [2.24, 2.45) is 5.92 Å². The van der Waals surface area contributed by atoms with E-state index in [2.05, 4.69) is 4.74 Å². The van der Waals surface area contributed by atoms with Crippen LogP contribution in [0.25, 0.3) is 5.57 Å². The number of thiocarbonyl (C=S) groups is 1. The Balaban J connectivity index is 2.38. The van der Waals surface area contributed by atoms with E-state index < -0.39 is 6.36 Å². The van der Waals surface area contributed by atoms with Crippen molar-refractivity contribution >= 4 is 28.4 Å². The predicted octanol–water partition coefficient (Wildman–Crippen LogP) is 4.74. The van der Waals surface area contributed by atoms with Gasteiger partial charge in [0.2, 0.25) is 0 Å². The van der Waals surface area contributed by atoms with E-state index in [9.17, 15) is 18.0 Å². The topological polar surface area (TPSA) is 35.5 Å². The van der Waals surface area contributed by atoms with Crippen molar-refractivity contribution in [2.45, 2.75) is 32.0 Å². The molecular formula is C18H19F3O3S. The molecule has 0 heterocycles. The van der Waals surface area contributed by atoms with Crippen molar-refractivity contribution in [3.8, 4) is 5.75 Å². The van der Waals surface area contributed by atoms with Gasteiger partial charge in [0.05, 0.1) is 0 Å². The van der Waals surface area contributed by atoms with Crippen LogP contribution >= 0.6 is 12.2 Å². The van der Waals surface area contributed by atoms with Gasteiger partial charge < -0.3 is 9.47 Å². The van der Waals surface area contributed by atoms with Crippen molar-refractivity contribution in [2.75, 3.05) is 13.7 Å². The lowest BCUT2D eigenvalue weighted by Gasteiger charge is -2.23. The quantitative estimate of drug-likeness (QED) is 0.699. The number of benzene rings is 1. The van der Waals surface area contributed by atoms with Crippen molar-refractivity contribution in [1.82, 2.24) is 0 Å². The zero-order valence-corrected chi connectivity index (χ0v) is 14.6. The SMILES string of the molecule is COCCC1CC(c2ccccc2OC(F)(F)F)=CC(=O)CCC1=S. The molecule has 1 unspecified atom stereocenters. The van der Waals surface area contributed by atoms with Gasteiger partial charge in [0.15, 0.2) is 5.78 Å². The summed E-state index contributed by atoms with van der Waals surface area (Å²) in [5, 5.41) is 0. The number of alkyl halides is 3. The molecule has 0 spiro atoms. The lowest BCUT2D eigenvalue weighted by molar-refractivity contribution is -0.274. The second-order valence-electron chi connectivity index (χ2n) is 5.83. The van der Waals surface area contributed by atoms with E-state index >= 15 is 0 Å². The number of carbonyl (C=O) groups is 1. The lowest BCUT2D eigenvalue weighted by atomic mass is 9.85. The van der Waals surface area contributed by atoms with E-state index in [1.807, 2.05) is 0 Å². The van der Waals surface area contributed by atoms with Crippen molar-refractivity contribution in [1.29, 1.82) is 0 Å². The van der Waals surface area contributed by atoms with Crippen LogP contribution in [0.2, 0.25) is 0 Å². The summed E-state index contributed by atoms with van der Waals surface area (Å²) in [4.78, 5) is 12.8. The molecule has 1 atom stereocenters. The Morgan fingerprint density at radius 3 is 2.64 bits per heavy atom. The highest BCUT2D eigenvalue weighted by atomic mass is 32.1. The Bertz CT molecular complexity index is 668. The van der Waals surface area contributed by atoms with Gasteiger partial charge >= 0.3 is 6.36 Å². The highest BCUT2D eigenvalue weighted by molar-refractivity contribution is 7.80. The normalized spacial score (nSPS) is 19.2. The number of rotatable bonds is 5. The summed E-state index contributed by atoms with van der Waals surface area (Å²) in [6.07, 6.45) is -1.58. The van der Waals surface area contributed by atoms with Crippen LogP contribution in [0.4, 0.5) is 13.2 Å². The molecule has 0 radical (unpaired) electrons. The molecule has 7 heteroatoms. The van der Waals surface area contributed by atoms with E-state index in [1.165, 1.54) is 24.3 Å². The van der Waals surface area contributed by atoms with E-state index in [0.29, 0.717) is 31.4 Å². The van der Waals surface area contributed by atoms with Gasteiger partial charge in [-0.1, -0.05) is 30.4 Å². The van der Waals surface area contributed by atoms with E-state index in [0.717, 1.165) is 4.86 Å². The first-order valence-corrected chi connectivity index (χ1v) is 8.31. The van der Waals surface area contributed by atoms with Gasteiger partial charge in [-0.05, 0) is 47.8 Å². The molecule has 1 aliphatic rings. The summed E-state index contributed by atoms with van der Waals surface area (Å²) in [6, 6.07) is 5.85. The summed E-state index contributed by atoms with van der Waals surface area (Å²) in [5.74, 6) is -0.497. The second-order valence-corrected chi connectivity index (χ2v) is 6.35. The molecule has 0 amide bonds. The third kappa shape index (κ3) is 5.93. The molecule has 25 heavy (non-hydrogen) atoms. The van der Waals surface area contributed by atoms with Crippen LogP contribution in [0.15, 0.2) is 30.3 Å². The third-order valence-corrected chi connectivity index (χ3v) is 4.54. The largest absolute Gasteiger partial charge is 0.573 e. The van der Waals surface area contributed by atoms with Crippen molar-refractivity contribution < 1.29 is 27.4 Å². The van der Waals surface area contributed by atoms with Crippen LogP contribution in [0.1, 0.15) is 31.2 Å². The number of methoxy groups -OCH3 is 1. The standard InChI is InChI=1S/C18H19F3O3S/c1-23-9-8-12-10-13(11-14(22)6-7-17(12)25)15-4-2-3-5-16(15)24-18(19,20)21/h2-5,11-12H,6-10H2,1H3. The van der Waals surface area contributed by atoms with Crippen LogP contribution in [0.5, 0.6) is 5.75 Å².